The third-order valence-electron chi connectivity index (χ3n) is 5.21. The molecule has 0 heterocycles. The molecule has 0 aromatic carbocycles. The molecule has 4 unspecified atom stereocenters. The van der Waals surface area contributed by atoms with Crippen LogP contribution in [-0.4, -0.2) is 5.88 Å². The van der Waals surface area contributed by atoms with Crippen LogP contribution in [0.3, 0.4) is 0 Å². The molecule has 2 saturated carbocycles. The van der Waals surface area contributed by atoms with Crippen LogP contribution in [0.2, 0.25) is 0 Å². The Morgan fingerprint density at radius 2 is 2.00 bits per heavy atom. The summed E-state index contributed by atoms with van der Waals surface area (Å²) in [7, 11) is 0. The lowest BCUT2D eigenvalue weighted by molar-refractivity contribution is 0.219. The molecular formula is C14H25Cl. The Morgan fingerprint density at radius 1 is 1.27 bits per heavy atom. The Labute approximate surface area is 99.8 Å². The highest BCUT2D eigenvalue weighted by atomic mass is 35.5. The zero-order chi connectivity index (χ0) is 11.1. The molecule has 0 nitrogen and oxygen atoms in total. The van der Waals surface area contributed by atoms with E-state index >= 15 is 0 Å². The molecule has 2 aliphatic rings. The molecular weight excluding hydrogens is 204 g/mol. The first-order valence-corrected chi connectivity index (χ1v) is 7.20. The Hall–Kier alpha value is 0.290. The van der Waals surface area contributed by atoms with Crippen LogP contribution in [0, 0.1) is 29.1 Å². The fourth-order valence-corrected chi connectivity index (χ4v) is 4.64. The van der Waals surface area contributed by atoms with E-state index in [1.165, 1.54) is 32.1 Å². The lowest BCUT2D eigenvalue weighted by atomic mass is 9.76. The normalized spacial score (nSPS) is 44.0. The van der Waals surface area contributed by atoms with Crippen LogP contribution in [0.5, 0.6) is 0 Å². The average Bonchev–Trinajstić information content (AvgIpc) is 2.80. The fourth-order valence-electron chi connectivity index (χ4n) is 4.05. The molecule has 1 heteroatoms. The molecule has 0 aliphatic heterocycles. The van der Waals surface area contributed by atoms with Gasteiger partial charge < -0.3 is 0 Å². The second-order valence-corrected chi connectivity index (χ2v) is 6.62. The van der Waals surface area contributed by atoms with Gasteiger partial charge in [-0.15, -0.1) is 11.6 Å². The maximum Gasteiger partial charge on any atom is 0.0259 e. The van der Waals surface area contributed by atoms with Crippen molar-refractivity contribution in [3.05, 3.63) is 0 Å². The van der Waals surface area contributed by atoms with Crippen LogP contribution < -0.4 is 0 Å². The maximum absolute atomic E-state index is 6.07. The lowest BCUT2D eigenvalue weighted by Gasteiger charge is -2.29. The Bertz CT molecular complexity index is 221. The topological polar surface area (TPSA) is 0 Å². The number of alkyl halides is 1. The minimum absolute atomic E-state index is 0.544. The molecule has 2 rings (SSSR count). The Balaban J connectivity index is 1.94. The highest BCUT2D eigenvalue weighted by Gasteiger charge is 2.59. The first-order chi connectivity index (χ1) is 7.11. The van der Waals surface area contributed by atoms with Gasteiger partial charge in [-0.3, -0.25) is 0 Å². The molecule has 0 saturated heterocycles. The average molecular weight is 229 g/mol. The first kappa shape index (κ1) is 11.8. The predicted octanol–water partition coefficient (Wildman–Crippen LogP) is 4.71. The highest BCUT2D eigenvalue weighted by Crippen LogP contribution is 2.64. The highest BCUT2D eigenvalue weighted by molar-refractivity contribution is 6.18. The molecule has 0 bridgehead atoms. The predicted molar refractivity (Wildman–Crippen MR) is 67.2 cm³/mol. The minimum atomic E-state index is 0.544. The van der Waals surface area contributed by atoms with E-state index in [9.17, 15) is 0 Å². The Morgan fingerprint density at radius 3 is 2.53 bits per heavy atom. The molecule has 0 spiro atoms. The summed E-state index contributed by atoms with van der Waals surface area (Å²) in [5.41, 5.74) is 0.544. The van der Waals surface area contributed by atoms with Crippen LogP contribution in [0.1, 0.15) is 52.9 Å². The summed E-state index contributed by atoms with van der Waals surface area (Å²) < 4.78 is 0. The second kappa shape index (κ2) is 4.28. The fraction of sp³-hybridized carbons (Fsp3) is 1.00. The van der Waals surface area contributed by atoms with Crippen LogP contribution in [0.4, 0.5) is 0 Å². The zero-order valence-electron chi connectivity index (χ0n) is 10.4. The van der Waals surface area contributed by atoms with Crippen LogP contribution in [0.25, 0.3) is 0 Å². The molecule has 2 fully saturated rings. The first-order valence-electron chi connectivity index (χ1n) is 6.67. The second-order valence-electron chi connectivity index (χ2n) is 6.31. The number of hydrogen-bond donors (Lipinski definition) is 0. The molecule has 0 radical (unpaired) electrons. The van der Waals surface area contributed by atoms with Gasteiger partial charge in [0, 0.05) is 5.88 Å². The summed E-state index contributed by atoms with van der Waals surface area (Å²) in [6.07, 6.45) is 7.28. The van der Waals surface area contributed by atoms with Crippen molar-refractivity contribution in [2.45, 2.75) is 52.9 Å². The number of hydrogen-bond acceptors (Lipinski definition) is 0. The molecule has 0 aromatic rings. The zero-order valence-corrected chi connectivity index (χ0v) is 11.2. The molecule has 0 amide bonds. The quantitative estimate of drug-likeness (QED) is 0.614. The van der Waals surface area contributed by atoms with E-state index in [0.29, 0.717) is 5.41 Å². The number of rotatable bonds is 3. The standard InChI is InChI=1S/C14H25Cl/c1-4-10-6-5-7-11(8-10)13-12(9-15)14(13,2)3/h10-13H,4-9H2,1-3H3. The maximum atomic E-state index is 6.07. The summed E-state index contributed by atoms with van der Waals surface area (Å²) in [4.78, 5) is 0. The van der Waals surface area contributed by atoms with Crippen molar-refractivity contribution in [1.82, 2.24) is 0 Å². The molecule has 4 atom stereocenters. The molecule has 0 aromatic heterocycles. The van der Waals surface area contributed by atoms with Gasteiger partial charge in [-0.05, 0) is 35.5 Å². The van der Waals surface area contributed by atoms with E-state index in [0.717, 1.165) is 29.6 Å². The van der Waals surface area contributed by atoms with E-state index in [1.807, 2.05) is 0 Å². The molecule has 0 N–H and O–H groups in total. The molecule has 15 heavy (non-hydrogen) atoms. The largest absolute Gasteiger partial charge is 0.126 e. The van der Waals surface area contributed by atoms with Gasteiger partial charge in [0.1, 0.15) is 0 Å². The van der Waals surface area contributed by atoms with Crippen molar-refractivity contribution in [1.29, 1.82) is 0 Å². The molecule has 88 valence electrons. The van der Waals surface area contributed by atoms with Crippen LogP contribution in [-0.2, 0) is 0 Å². The van der Waals surface area contributed by atoms with Gasteiger partial charge in [-0.2, -0.15) is 0 Å². The lowest BCUT2D eigenvalue weighted by Crippen LogP contribution is -2.18. The third-order valence-corrected chi connectivity index (χ3v) is 5.55. The Kier molecular flexibility index (Phi) is 3.36. The van der Waals surface area contributed by atoms with Crippen molar-refractivity contribution in [3.8, 4) is 0 Å². The summed E-state index contributed by atoms with van der Waals surface area (Å²) in [6, 6.07) is 0. The monoisotopic (exact) mass is 228 g/mol. The van der Waals surface area contributed by atoms with E-state index in [-0.39, 0.29) is 0 Å². The summed E-state index contributed by atoms with van der Waals surface area (Å²) in [5, 5.41) is 0. The van der Waals surface area contributed by atoms with Gasteiger partial charge >= 0.3 is 0 Å². The summed E-state index contributed by atoms with van der Waals surface area (Å²) >= 11 is 6.07. The van der Waals surface area contributed by atoms with Crippen molar-refractivity contribution < 1.29 is 0 Å². The van der Waals surface area contributed by atoms with Gasteiger partial charge in [0.2, 0.25) is 0 Å². The van der Waals surface area contributed by atoms with Crippen molar-refractivity contribution in [3.63, 3.8) is 0 Å². The SMILES string of the molecule is CCC1CCCC(C2C(CCl)C2(C)C)C1. The van der Waals surface area contributed by atoms with E-state index < -0.39 is 0 Å². The van der Waals surface area contributed by atoms with E-state index in [1.54, 1.807) is 0 Å². The summed E-state index contributed by atoms with van der Waals surface area (Å²) in [5.74, 6) is 4.62. The van der Waals surface area contributed by atoms with E-state index in [2.05, 4.69) is 20.8 Å². The van der Waals surface area contributed by atoms with Crippen molar-refractivity contribution in [2.75, 3.05) is 5.88 Å². The smallest absolute Gasteiger partial charge is 0.0259 e. The van der Waals surface area contributed by atoms with Crippen LogP contribution in [0.15, 0.2) is 0 Å². The third kappa shape index (κ3) is 2.07. The van der Waals surface area contributed by atoms with Gasteiger partial charge in [0.15, 0.2) is 0 Å². The van der Waals surface area contributed by atoms with Crippen LogP contribution >= 0.6 is 11.6 Å². The van der Waals surface area contributed by atoms with Gasteiger partial charge in [-0.25, -0.2) is 0 Å². The number of halogens is 1. The van der Waals surface area contributed by atoms with Crippen molar-refractivity contribution in [2.24, 2.45) is 29.1 Å². The van der Waals surface area contributed by atoms with Gasteiger partial charge in [0.05, 0.1) is 0 Å². The molecule has 2 aliphatic carbocycles. The van der Waals surface area contributed by atoms with Crippen molar-refractivity contribution >= 4 is 11.6 Å². The van der Waals surface area contributed by atoms with Gasteiger partial charge in [0.25, 0.3) is 0 Å². The summed E-state index contributed by atoms with van der Waals surface area (Å²) in [6.45, 7) is 7.19. The van der Waals surface area contributed by atoms with E-state index in [4.69, 9.17) is 11.6 Å². The minimum Gasteiger partial charge on any atom is -0.126 e. The van der Waals surface area contributed by atoms with Gasteiger partial charge in [-0.1, -0.05) is 46.5 Å².